The number of ether oxygens (including phenoxy) is 1. The second-order valence-corrected chi connectivity index (χ2v) is 10.7. The summed E-state index contributed by atoms with van der Waals surface area (Å²) in [5.74, 6) is 0.936. The lowest BCUT2D eigenvalue weighted by Gasteiger charge is -2.09. The standard InChI is InChI=1S/C24H25ClN6O3S2/c1-3-26-24-31-21(16-9-10-18(25)20(15-16)34-2)22(35-24)19-11-12-27-23(30-19)28-13-14-29-36(32,33)17-7-5-4-6-8-17/h4-12,15,29H,3,13-14H2,1-2H3,(H,26,31)(H,27,28,30). The maximum absolute atomic E-state index is 12.4. The van der Waals surface area contributed by atoms with Gasteiger partial charge in [0, 0.05) is 31.4 Å². The number of hydrogen-bond acceptors (Lipinski definition) is 9. The molecule has 188 valence electrons. The van der Waals surface area contributed by atoms with E-state index >= 15 is 0 Å². The van der Waals surface area contributed by atoms with Crippen LogP contribution in [0.3, 0.4) is 0 Å². The molecule has 4 aromatic rings. The Bertz CT molecular complexity index is 1430. The molecule has 2 aromatic heterocycles. The zero-order chi connectivity index (χ0) is 25.5. The number of methoxy groups -OCH3 is 1. The van der Waals surface area contributed by atoms with Gasteiger partial charge in [-0.3, -0.25) is 0 Å². The molecule has 0 amide bonds. The van der Waals surface area contributed by atoms with E-state index in [2.05, 4.69) is 25.3 Å². The number of hydrogen-bond donors (Lipinski definition) is 3. The van der Waals surface area contributed by atoms with Crippen LogP contribution in [0.2, 0.25) is 5.02 Å². The van der Waals surface area contributed by atoms with Crippen molar-refractivity contribution in [2.24, 2.45) is 0 Å². The van der Waals surface area contributed by atoms with E-state index in [0.717, 1.165) is 27.8 Å². The molecule has 0 spiro atoms. The highest BCUT2D eigenvalue weighted by atomic mass is 35.5. The van der Waals surface area contributed by atoms with Crippen LogP contribution in [0, 0.1) is 0 Å². The van der Waals surface area contributed by atoms with Crippen molar-refractivity contribution in [3.05, 3.63) is 65.8 Å². The summed E-state index contributed by atoms with van der Waals surface area (Å²) in [6.07, 6.45) is 1.65. The molecule has 0 aliphatic carbocycles. The van der Waals surface area contributed by atoms with Crippen LogP contribution in [-0.2, 0) is 10.0 Å². The minimum Gasteiger partial charge on any atom is -0.495 e. The van der Waals surface area contributed by atoms with E-state index in [9.17, 15) is 8.42 Å². The van der Waals surface area contributed by atoms with Gasteiger partial charge in [-0.05, 0) is 37.3 Å². The van der Waals surface area contributed by atoms with E-state index in [0.29, 0.717) is 29.0 Å². The first-order valence-electron chi connectivity index (χ1n) is 11.1. The molecule has 36 heavy (non-hydrogen) atoms. The van der Waals surface area contributed by atoms with Gasteiger partial charge in [-0.25, -0.2) is 28.1 Å². The molecular weight excluding hydrogens is 520 g/mol. The molecule has 0 saturated heterocycles. The number of halogens is 1. The van der Waals surface area contributed by atoms with Crippen LogP contribution in [0.25, 0.3) is 21.8 Å². The maximum Gasteiger partial charge on any atom is 0.240 e. The van der Waals surface area contributed by atoms with Crippen molar-refractivity contribution in [1.82, 2.24) is 19.7 Å². The van der Waals surface area contributed by atoms with Gasteiger partial charge in [-0.2, -0.15) is 0 Å². The van der Waals surface area contributed by atoms with Gasteiger partial charge in [0.1, 0.15) is 5.75 Å². The first-order chi connectivity index (χ1) is 17.4. The van der Waals surface area contributed by atoms with Crippen molar-refractivity contribution in [1.29, 1.82) is 0 Å². The van der Waals surface area contributed by atoms with Gasteiger partial charge in [0.2, 0.25) is 16.0 Å². The molecule has 0 saturated carbocycles. The van der Waals surface area contributed by atoms with Crippen LogP contribution in [0.4, 0.5) is 11.1 Å². The minimum atomic E-state index is -3.58. The van der Waals surface area contributed by atoms with Crippen molar-refractivity contribution in [2.75, 3.05) is 37.4 Å². The lowest BCUT2D eigenvalue weighted by Crippen LogP contribution is -2.29. The SMILES string of the molecule is CCNc1nc(-c2ccc(Cl)c(OC)c2)c(-c2ccnc(NCCNS(=O)(=O)c3ccccc3)n2)s1. The van der Waals surface area contributed by atoms with E-state index in [1.54, 1.807) is 49.7 Å². The molecule has 0 atom stereocenters. The zero-order valence-corrected chi connectivity index (χ0v) is 22.0. The summed E-state index contributed by atoms with van der Waals surface area (Å²) in [5.41, 5.74) is 2.27. The molecule has 12 heteroatoms. The monoisotopic (exact) mass is 544 g/mol. The number of benzene rings is 2. The fourth-order valence-electron chi connectivity index (χ4n) is 3.34. The van der Waals surface area contributed by atoms with E-state index < -0.39 is 10.0 Å². The maximum atomic E-state index is 12.4. The van der Waals surface area contributed by atoms with Crippen LogP contribution in [0.1, 0.15) is 6.92 Å². The number of nitrogens with zero attached hydrogens (tertiary/aromatic N) is 3. The Morgan fingerprint density at radius 3 is 2.58 bits per heavy atom. The third-order valence-corrected chi connectivity index (χ3v) is 7.85. The predicted molar refractivity (Wildman–Crippen MR) is 144 cm³/mol. The first kappa shape index (κ1) is 25.8. The highest BCUT2D eigenvalue weighted by Gasteiger charge is 2.18. The third-order valence-electron chi connectivity index (χ3n) is 5.02. The van der Waals surface area contributed by atoms with Crippen LogP contribution < -0.4 is 20.1 Å². The van der Waals surface area contributed by atoms with Gasteiger partial charge < -0.3 is 15.4 Å². The molecule has 3 N–H and O–H groups in total. The summed E-state index contributed by atoms with van der Waals surface area (Å²) in [6, 6.07) is 15.5. The molecular formula is C24H25ClN6O3S2. The molecule has 2 aromatic carbocycles. The molecule has 0 bridgehead atoms. The summed E-state index contributed by atoms with van der Waals surface area (Å²) in [4.78, 5) is 14.7. The normalized spacial score (nSPS) is 11.3. The second-order valence-electron chi connectivity index (χ2n) is 7.48. The van der Waals surface area contributed by atoms with Crippen molar-refractivity contribution >= 4 is 44.0 Å². The summed E-state index contributed by atoms with van der Waals surface area (Å²) in [7, 11) is -2.01. The number of sulfonamides is 1. The Kier molecular flexibility index (Phi) is 8.36. The Morgan fingerprint density at radius 1 is 1.03 bits per heavy atom. The van der Waals surface area contributed by atoms with Crippen molar-refractivity contribution in [2.45, 2.75) is 11.8 Å². The second kappa shape index (κ2) is 11.7. The third kappa shape index (κ3) is 6.11. The Morgan fingerprint density at radius 2 is 1.83 bits per heavy atom. The van der Waals surface area contributed by atoms with E-state index in [-0.39, 0.29) is 11.4 Å². The minimum absolute atomic E-state index is 0.172. The summed E-state index contributed by atoms with van der Waals surface area (Å²) >= 11 is 7.69. The van der Waals surface area contributed by atoms with E-state index in [1.165, 1.54) is 11.3 Å². The Labute approximate surface area is 219 Å². The molecule has 0 aliphatic heterocycles. The van der Waals surface area contributed by atoms with Gasteiger partial charge >= 0.3 is 0 Å². The highest BCUT2D eigenvalue weighted by molar-refractivity contribution is 7.89. The number of rotatable bonds is 11. The fourth-order valence-corrected chi connectivity index (χ4v) is 5.61. The van der Waals surface area contributed by atoms with Crippen LogP contribution in [-0.4, -0.2) is 50.1 Å². The smallest absolute Gasteiger partial charge is 0.240 e. The van der Waals surface area contributed by atoms with Crippen LogP contribution in [0.15, 0.2) is 65.7 Å². The summed E-state index contributed by atoms with van der Waals surface area (Å²) in [5, 5.41) is 7.61. The molecule has 0 aliphatic rings. The summed E-state index contributed by atoms with van der Waals surface area (Å²) < 4.78 is 32.7. The van der Waals surface area contributed by atoms with Gasteiger partial charge in [-0.1, -0.05) is 47.2 Å². The average Bonchev–Trinajstić information content (AvgIpc) is 3.32. The average molecular weight is 545 g/mol. The fraction of sp³-hybridized carbons (Fsp3) is 0.208. The lowest BCUT2D eigenvalue weighted by atomic mass is 10.1. The lowest BCUT2D eigenvalue weighted by molar-refractivity contribution is 0.415. The first-order valence-corrected chi connectivity index (χ1v) is 13.8. The summed E-state index contributed by atoms with van der Waals surface area (Å²) in [6.45, 7) is 3.21. The molecule has 0 unspecified atom stereocenters. The molecule has 9 nitrogen and oxygen atoms in total. The predicted octanol–water partition coefficient (Wildman–Crippen LogP) is 4.75. The number of thiazole rings is 1. The molecule has 0 radical (unpaired) electrons. The van der Waals surface area contributed by atoms with Crippen molar-refractivity contribution < 1.29 is 13.2 Å². The van der Waals surface area contributed by atoms with Crippen LogP contribution in [0.5, 0.6) is 5.75 Å². The molecule has 0 fully saturated rings. The topological polar surface area (TPSA) is 118 Å². The largest absolute Gasteiger partial charge is 0.495 e. The van der Waals surface area contributed by atoms with E-state index in [1.807, 2.05) is 25.1 Å². The van der Waals surface area contributed by atoms with Crippen molar-refractivity contribution in [3.8, 4) is 27.6 Å². The molecule has 4 rings (SSSR count). The van der Waals surface area contributed by atoms with Gasteiger partial charge in [0.25, 0.3) is 0 Å². The number of anilines is 2. The van der Waals surface area contributed by atoms with Crippen molar-refractivity contribution in [3.63, 3.8) is 0 Å². The zero-order valence-electron chi connectivity index (χ0n) is 19.7. The van der Waals surface area contributed by atoms with Gasteiger partial charge in [0.05, 0.1) is 33.3 Å². The van der Waals surface area contributed by atoms with Gasteiger partial charge in [0.15, 0.2) is 5.13 Å². The van der Waals surface area contributed by atoms with E-state index in [4.69, 9.17) is 21.3 Å². The number of aromatic nitrogens is 3. The Balaban J connectivity index is 1.52. The number of nitrogens with one attached hydrogen (secondary N) is 3. The van der Waals surface area contributed by atoms with Crippen LogP contribution >= 0.6 is 22.9 Å². The van der Waals surface area contributed by atoms with Gasteiger partial charge in [-0.15, -0.1) is 0 Å². The Hall–Kier alpha value is -3.25. The molecule has 2 heterocycles. The quantitative estimate of drug-likeness (QED) is 0.231. The highest BCUT2D eigenvalue weighted by Crippen LogP contribution is 2.40.